The average Bonchev–Trinajstić information content (AvgIpc) is 2.72. The quantitative estimate of drug-likeness (QED) is 0.871. The number of nitrogens with zero attached hydrogens (tertiary/aromatic N) is 2. The van der Waals surface area contributed by atoms with E-state index < -0.39 is 0 Å². The lowest BCUT2D eigenvalue weighted by molar-refractivity contribution is 0.247. The molecule has 4 nitrogen and oxygen atoms in total. The number of anilines is 1. The van der Waals surface area contributed by atoms with Crippen LogP contribution < -0.4 is 5.73 Å². The molecule has 2 aromatic rings. The normalized spacial score (nSPS) is 21.1. The summed E-state index contributed by atoms with van der Waals surface area (Å²) in [4.78, 5) is 7.00. The van der Waals surface area contributed by atoms with E-state index in [1.807, 2.05) is 18.2 Å². The van der Waals surface area contributed by atoms with E-state index in [4.69, 9.17) is 10.2 Å². The Labute approximate surface area is 120 Å². The van der Waals surface area contributed by atoms with Gasteiger partial charge < -0.3 is 10.2 Å². The molecule has 2 heterocycles. The second-order valence-corrected chi connectivity index (χ2v) is 5.78. The topological polar surface area (TPSA) is 55.3 Å². The van der Waals surface area contributed by atoms with Crippen LogP contribution >= 0.6 is 0 Å². The highest BCUT2D eigenvalue weighted by atomic mass is 16.3. The molecule has 1 aliphatic heterocycles. The largest absolute Gasteiger partial charge is 0.439 e. The number of nitrogens with two attached hydrogens (primary N) is 1. The van der Waals surface area contributed by atoms with Crippen molar-refractivity contribution in [2.45, 2.75) is 39.2 Å². The number of rotatable bonds is 3. The third-order valence-corrected chi connectivity index (χ3v) is 4.37. The van der Waals surface area contributed by atoms with E-state index >= 15 is 0 Å². The molecule has 108 valence electrons. The number of likely N-dealkylation sites (tertiary alicyclic amines) is 1. The molecule has 1 aliphatic rings. The number of hydrogen-bond acceptors (Lipinski definition) is 4. The van der Waals surface area contributed by atoms with Crippen molar-refractivity contribution in [3.8, 4) is 0 Å². The zero-order chi connectivity index (χ0) is 13.9. The van der Waals surface area contributed by atoms with Crippen molar-refractivity contribution in [3.05, 3.63) is 24.1 Å². The van der Waals surface area contributed by atoms with Gasteiger partial charge in [-0.2, -0.15) is 0 Å². The van der Waals surface area contributed by atoms with Crippen LogP contribution in [-0.2, 0) is 6.54 Å². The highest BCUT2D eigenvalue weighted by molar-refractivity contribution is 5.85. The van der Waals surface area contributed by atoms with E-state index in [0.29, 0.717) is 5.69 Å². The van der Waals surface area contributed by atoms with Gasteiger partial charge in [0.15, 0.2) is 5.58 Å². The fourth-order valence-electron chi connectivity index (χ4n) is 3.07. The molecule has 1 aromatic heterocycles. The van der Waals surface area contributed by atoms with Gasteiger partial charge in [0.25, 0.3) is 0 Å². The van der Waals surface area contributed by atoms with Crippen LogP contribution in [0.3, 0.4) is 0 Å². The monoisotopic (exact) mass is 273 g/mol. The lowest BCUT2D eigenvalue weighted by Gasteiger charge is -2.17. The van der Waals surface area contributed by atoms with Crippen molar-refractivity contribution in [2.75, 3.05) is 18.8 Å². The Balaban J connectivity index is 1.71. The molecular weight excluding hydrogens is 250 g/mol. The molecule has 1 saturated heterocycles. The number of hydrogen-bond donors (Lipinski definition) is 1. The second-order valence-electron chi connectivity index (χ2n) is 5.78. The van der Waals surface area contributed by atoms with Gasteiger partial charge in [0, 0.05) is 0 Å². The molecule has 0 radical (unpaired) electrons. The van der Waals surface area contributed by atoms with Crippen LogP contribution in [0.15, 0.2) is 22.6 Å². The van der Waals surface area contributed by atoms with Crippen molar-refractivity contribution >= 4 is 16.8 Å². The molecule has 3 rings (SSSR count). The molecule has 0 saturated carbocycles. The van der Waals surface area contributed by atoms with Crippen molar-refractivity contribution in [3.63, 3.8) is 0 Å². The molecule has 0 bridgehead atoms. The van der Waals surface area contributed by atoms with E-state index in [2.05, 4.69) is 16.8 Å². The molecule has 1 aromatic carbocycles. The minimum Gasteiger partial charge on any atom is -0.439 e. The average molecular weight is 273 g/mol. The number of oxazole rings is 1. The second kappa shape index (κ2) is 5.83. The molecular formula is C16H23N3O. The zero-order valence-electron chi connectivity index (χ0n) is 12.1. The SMILES string of the molecule is CCC1CCCN(Cc2nc3c(N)cccc3o2)CC1. The molecule has 0 amide bonds. The third kappa shape index (κ3) is 2.80. The highest BCUT2D eigenvalue weighted by Gasteiger charge is 2.18. The Bertz CT molecular complexity index is 578. The van der Waals surface area contributed by atoms with Gasteiger partial charge in [-0.1, -0.05) is 19.4 Å². The van der Waals surface area contributed by atoms with Gasteiger partial charge in [-0.3, -0.25) is 4.90 Å². The summed E-state index contributed by atoms with van der Waals surface area (Å²) in [7, 11) is 0. The zero-order valence-corrected chi connectivity index (χ0v) is 12.1. The molecule has 2 N–H and O–H groups in total. The van der Waals surface area contributed by atoms with Crippen molar-refractivity contribution in [1.82, 2.24) is 9.88 Å². The summed E-state index contributed by atoms with van der Waals surface area (Å²) in [6.07, 6.45) is 5.22. The Morgan fingerprint density at radius 1 is 1.35 bits per heavy atom. The Kier molecular flexibility index (Phi) is 3.92. The summed E-state index contributed by atoms with van der Waals surface area (Å²) in [5.41, 5.74) is 8.21. The van der Waals surface area contributed by atoms with Crippen LogP contribution in [0.2, 0.25) is 0 Å². The molecule has 0 aliphatic carbocycles. The maximum atomic E-state index is 5.93. The van der Waals surface area contributed by atoms with Crippen LogP contribution in [0.5, 0.6) is 0 Å². The van der Waals surface area contributed by atoms with Crippen molar-refractivity contribution < 1.29 is 4.42 Å². The fraction of sp³-hybridized carbons (Fsp3) is 0.562. The molecule has 1 unspecified atom stereocenters. The van der Waals surface area contributed by atoms with E-state index in [1.165, 1.54) is 25.7 Å². The van der Waals surface area contributed by atoms with E-state index in [1.54, 1.807) is 0 Å². The number of aromatic nitrogens is 1. The minimum absolute atomic E-state index is 0.694. The summed E-state index contributed by atoms with van der Waals surface area (Å²) in [6, 6.07) is 5.70. The third-order valence-electron chi connectivity index (χ3n) is 4.37. The van der Waals surface area contributed by atoms with Gasteiger partial charge >= 0.3 is 0 Å². The first-order chi connectivity index (χ1) is 9.76. The van der Waals surface area contributed by atoms with Gasteiger partial charge in [-0.05, 0) is 50.4 Å². The molecule has 0 spiro atoms. The van der Waals surface area contributed by atoms with Gasteiger partial charge in [0.2, 0.25) is 5.89 Å². The summed E-state index contributed by atoms with van der Waals surface area (Å²) >= 11 is 0. The molecule has 1 atom stereocenters. The van der Waals surface area contributed by atoms with Gasteiger partial charge in [-0.15, -0.1) is 0 Å². The first kappa shape index (κ1) is 13.4. The lowest BCUT2D eigenvalue weighted by Crippen LogP contribution is -2.24. The Morgan fingerprint density at radius 2 is 2.25 bits per heavy atom. The minimum atomic E-state index is 0.694. The number of para-hydroxylation sites is 1. The van der Waals surface area contributed by atoms with Gasteiger partial charge in [0.1, 0.15) is 5.52 Å². The first-order valence-corrected chi connectivity index (χ1v) is 7.62. The molecule has 20 heavy (non-hydrogen) atoms. The standard InChI is InChI=1S/C16H23N3O/c1-2-12-5-4-9-19(10-8-12)11-15-18-16-13(17)6-3-7-14(16)20-15/h3,6-7,12H,2,4-5,8-11,17H2,1H3. The van der Waals surface area contributed by atoms with E-state index in [9.17, 15) is 0 Å². The number of benzene rings is 1. The van der Waals surface area contributed by atoms with Crippen LogP contribution in [0.1, 0.15) is 38.5 Å². The highest BCUT2D eigenvalue weighted by Crippen LogP contribution is 2.24. The van der Waals surface area contributed by atoms with Gasteiger partial charge in [-0.25, -0.2) is 4.98 Å². The summed E-state index contributed by atoms with van der Waals surface area (Å²) in [6.45, 7) is 5.38. The van der Waals surface area contributed by atoms with E-state index in [-0.39, 0.29) is 0 Å². The maximum absolute atomic E-state index is 5.93. The summed E-state index contributed by atoms with van der Waals surface area (Å²) in [5, 5.41) is 0. The van der Waals surface area contributed by atoms with E-state index in [0.717, 1.165) is 42.5 Å². The summed E-state index contributed by atoms with van der Waals surface area (Å²) in [5.74, 6) is 1.67. The predicted molar refractivity (Wildman–Crippen MR) is 81.3 cm³/mol. The number of nitrogen functional groups attached to an aromatic ring is 1. The first-order valence-electron chi connectivity index (χ1n) is 7.62. The van der Waals surface area contributed by atoms with Crippen molar-refractivity contribution in [2.24, 2.45) is 5.92 Å². The lowest BCUT2D eigenvalue weighted by atomic mass is 9.98. The summed E-state index contributed by atoms with van der Waals surface area (Å²) < 4.78 is 5.81. The van der Waals surface area contributed by atoms with Crippen LogP contribution in [0, 0.1) is 5.92 Å². The molecule has 4 heteroatoms. The maximum Gasteiger partial charge on any atom is 0.209 e. The fourth-order valence-corrected chi connectivity index (χ4v) is 3.07. The Morgan fingerprint density at radius 3 is 3.05 bits per heavy atom. The molecule has 1 fully saturated rings. The van der Waals surface area contributed by atoms with Gasteiger partial charge in [0.05, 0.1) is 12.2 Å². The van der Waals surface area contributed by atoms with Crippen LogP contribution in [0.4, 0.5) is 5.69 Å². The Hall–Kier alpha value is -1.55. The van der Waals surface area contributed by atoms with Crippen LogP contribution in [0.25, 0.3) is 11.1 Å². The predicted octanol–water partition coefficient (Wildman–Crippen LogP) is 3.42. The van der Waals surface area contributed by atoms with Crippen molar-refractivity contribution in [1.29, 1.82) is 0 Å². The smallest absolute Gasteiger partial charge is 0.209 e. The number of fused-ring (bicyclic) bond motifs is 1. The van der Waals surface area contributed by atoms with Crippen LogP contribution in [-0.4, -0.2) is 23.0 Å².